The van der Waals surface area contributed by atoms with Crippen molar-refractivity contribution in [1.29, 1.82) is 0 Å². The van der Waals surface area contributed by atoms with Crippen molar-refractivity contribution in [2.75, 3.05) is 13.7 Å². The lowest BCUT2D eigenvalue weighted by Crippen LogP contribution is -2.39. The molecule has 10 heavy (non-hydrogen) atoms. The maximum Gasteiger partial charge on any atom is 0.0728 e. The number of likely N-dealkylation sites (N-methyl/N-ethyl adjacent to an activating group) is 1. The highest BCUT2D eigenvalue weighted by Crippen LogP contribution is 2.39. The average molecular weight is 143 g/mol. The fraction of sp³-hybridized carbons (Fsp3) is 1.00. The van der Waals surface area contributed by atoms with Gasteiger partial charge in [0.1, 0.15) is 0 Å². The summed E-state index contributed by atoms with van der Waals surface area (Å²) >= 11 is 0. The molecular formula is C8H17NO. The van der Waals surface area contributed by atoms with Gasteiger partial charge in [0.25, 0.3) is 0 Å². The van der Waals surface area contributed by atoms with Gasteiger partial charge in [0, 0.05) is 12.1 Å². The monoisotopic (exact) mass is 143 g/mol. The Hall–Kier alpha value is -0.0800. The van der Waals surface area contributed by atoms with E-state index < -0.39 is 0 Å². The Kier molecular flexibility index (Phi) is 2.32. The van der Waals surface area contributed by atoms with Crippen molar-refractivity contribution in [1.82, 2.24) is 5.32 Å². The quantitative estimate of drug-likeness (QED) is 0.637. The second-order valence-electron chi connectivity index (χ2n) is 3.00. The normalized spacial score (nSPS) is 24.3. The van der Waals surface area contributed by atoms with Gasteiger partial charge in [-0.25, -0.2) is 0 Å². The van der Waals surface area contributed by atoms with Gasteiger partial charge in [0.05, 0.1) is 6.10 Å². The van der Waals surface area contributed by atoms with Crippen molar-refractivity contribution in [3.8, 4) is 0 Å². The van der Waals surface area contributed by atoms with Crippen LogP contribution in [0.1, 0.15) is 26.7 Å². The summed E-state index contributed by atoms with van der Waals surface area (Å²) in [6.45, 7) is 5.01. The van der Waals surface area contributed by atoms with E-state index in [9.17, 15) is 0 Å². The van der Waals surface area contributed by atoms with Crippen LogP contribution in [0.25, 0.3) is 0 Å². The van der Waals surface area contributed by atoms with Crippen LogP contribution in [0.2, 0.25) is 0 Å². The molecule has 0 aromatic rings. The van der Waals surface area contributed by atoms with Gasteiger partial charge in [-0.3, -0.25) is 0 Å². The molecule has 0 amide bonds. The summed E-state index contributed by atoms with van der Waals surface area (Å²) in [6.07, 6.45) is 2.91. The molecule has 60 valence electrons. The van der Waals surface area contributed by atoms with Crippen LogP contribution in [0.15, 0.2) is 0 Å². The SMILES string of the molecule is CCOC(C)C1(NC)CC1. The van der Waals surface area contributed by atoms with E-state index in [0.717, 1.165) is 6.61 Å². The molecule has 1 unspecified atom stereocenters. The lowest BCUT2D eigenvalue weighted by Gasteiger charge is -2.22. The van der Waals surface area contributed by atoms with E-state index in [0.29, 0.717) is 11.6 Å². The van der Waals surface area contributed by atoms with Gasteiger partial charge < -0.3 is 10.1 Å². The molecule has 1 aliphatic rings. The van der Waals surface area contributed by atoms with Crippen LogP contribution in [0.5, 0.6) is 0 Å². The molecule has 0 spiro atoms. The molecule has 0 heterocycles. The Balaban J connectivity index is 2.32. The Morgan fingerprint density at radius 2 is 2.20 bits per heavy atom. The average Bonchev–Trinajstić information content (AvgIpc) is 2.68. The maximum atomic E-state index is 5.50. The van der Waals surface area contributed by atoms with Crippen molar-refractivity contribution in [2.45, 2.75) is 38.3 Å². The first-order valence-corrected chi connectivity index (χ1v) is 4.05. The van der Waals surface area contributed by atoms with Crippen LogP contribution in [-0.2, 0) is 4.74 Å². The predicted octanol–water partition coefficient (Wildman–Crippen LogP) is 1.16. The molecule has 0 aliphatic heterocycles. The Morgan fingerprint density at radius 3 is 2.50 bits per heavy atom. The second kappa shape index (κ2) is 2.89. The van der Waals surface area contributed by atoms with Crippen LogP contribution in [0, 0.1) is 0 Å². The fourth-order valence-corrected chi connectivity index (χ4v) is 1.40. The summed E-state index contributed by atoms with van der Waals surface area (Å²) in [7, 11) is 2.02. The first-order valence-electron chi connectivity index (χ1n) is 4.05. The summed E-state index contributed by atoms with van der Waals surface area (Å²) in [5.41, 5.74) is 0.329. The van der Waals surface area contributed by atoms with E-state index in [2.05, 4.69) is 12.2 Å². The molecular weight excluding hydrogens is 126 g/mol. The third kappa shape index (κ3) is 1.32. The number of hydrogen-bond acceptors (Lipinski definition) is 2. The Labute approximate surface area is 63.0 Å². The molecule has 1 rings (SSSR count). The first-order chi connectivity index (χ1) is 4.75. The number of rotatable bonds is 4. The van der Waals surface area contributed by atoms with Crippen LogP contribution in [0.3, 0.4) is 0 Å². The van der Waals surface area contributed by atoms with Crippen LogP contribution in [0.4, 0.5) is 0 Å². The Morgan fingerprint density at radius 1 is 1.60 bits per heavy atom. The van der Waals surface area contributed by atoms with Gasteiger partial charge in [-0.2, -0.15) is 0 Å². The van der Waals surface area contributed by atoms with Gasteiger partial charge in [-0.05, 0) is 33.7 Å². The molecule has 0 radical (unpaired) electrons. The zero-order valence-electron chi connectivity index (χ0n) is 7.11. The van der Waals surface area contributed by atoms with E-state index in [1.165, 1.54) is 12.8 Å². The summed E-state index contributed by atoms with van der Waals surface area (Å²) in [5, 5.41) is 3.31. The number of nitrogens with one attached hydrogen (secondary N) is 1. The van der Waals surface area contributed by atoms with Crippen molar-refractivity contribution in [3.05, 3.63) is 0 Å². The summed E-state index contributed by atoms with van der Waals surface area (Å²) in [6, 6.07) is 0. The summed E-state index contributed by atoms with van der Waals surface area (Å²) < 4.78 is 5.50. The molecule has 1 atom stereocenters. The summed E-state index contributed by atoms with van der Waals surface area (Å²) in [4.78, 5) is 0. The molecule has 1 saturated carbocycles. The smallest absolute Gasteiger partial charge is 0.0728 e. The van der Waals surface area contributed by atoms with E-state index in [-0.39, 0.29) is 0 Å². The zero-order chi connectivity index (χ0) is 7.61. The van der Waals surface area contributed by atoms with Gasteiger partial charge in [-0.15, -0.1) is 0 Å². The second-order valence-corrected chi connectivity index (χ2v) is 3.00. The van der Waals surface area contributed by atoms with Gasteiger partial charge in [0.15, 0.2) is 0 Å². The molecule has 0 bridgehead atoms. The third-order valence-corrected chi connectivity index (χ3v) is 2.48. The molecule has 2 nitrogen and oxygen atoms in total. The molecule has 1 fully saturated rings. The first kappa shape index (κ1) is 8.02. The minimum atomic E-state index is 0.329. The molecule has 0 aromatic heterocycles. The highest BCUT2D eigenvalue weighted by Gasteiger charge is 2.46. The highest BCUT2D eigenvalue weighted by molar-refractivity contribution is 5.05. The molecule has 1 aliphatic carbocycles. The predicted molar refractivity (Wildman–Crippen MR) is 42.1 cm³/mol. The van der Waals surface area contributed by atoms with Gasteiger partial charge in [-0.1, -0.05) is 0 Å². The lowest BCUT2D eigenvalue weighted by atomic mass is 10.1. The van der Waals surface area contributed by atoms with Crippen LogP contribution < -0.4 is 5.32 Å². The van der Waals surface area contributed by atoms with Crippen LogP contribution in [-0.4, -0.2) is 25.3 Å². The van der Waals surface area contributed by atoms with Gasteiger partial charge >= 0.3 is 0 Å². The molecule has 1 N–H and O–H groups in total. The third-order valence-electron chi connectivity index (χ3n) is 2.48. The van der Waals surface area contributed by atoms with Crippen molar-refractivity contribution in [3.63, 3.8) is 0 Å². The van der Waals surface area contributed by atoms with E-state index in [1.807, 2.05) is 14.0 Å². The minimum Gasteiger partial charge on any atom is -0.377 e. The molecule has 2 heteroatoms. The standard InChI is InChI=1S/C8H17NO/c1-4-10-7(2)8(9-3)5-6-8/h7,9H,4-6H2,1-3H3. The van der Waals surface area contributed by atoms with E-state index in [4.69, 9.17) is 4.74 Å². The molecule has 0 aromatic carbocycles. The van der Waals surface area contributed by atoms with E-state index in [1.54, 1.807) is 0 Å². The Bertz CT molecular complexity index is 110. The van der Waals surface area contributed by atoms with Crippen molar-refractivity contribution < 1.29 is 4.74 Å². The lowest BCUT2D eigenvalue weighted by molar-refractivity contribution is 0.0415. The maximum absolute atomic E-state index is 5.50. The minimum absolute atomic E-state index is 0.329. The van der Waals surface area contributed by atoms with Crippen molar-refractivity contribution in [2.24, 2.45) is 0 Å². The fourth-order valence-electron chi connectivity index (χ4n) is 1.40. The van der Waals surface area contributed by atoms with Gasteiger partial charge in [0.2, 0.25) is 0 Å². The van der Waals surface area contributed by atoms with E-state index >= 15 is 0 Å². The molecule has 0 saturated heterocycles. The zero-order valence-corrected chi connectivity index (χ0v) is 7.11. The highest BCUT2D eigenvalue weighted by atomic mass is 16.5. The van der Waals surface area contributed by atoms with Crippen LogP contribution >= 0.6 is 0 Å². The number of hydrogen-bond donors (Lipinski definition) is 1. The number of ether oxygens (including phenoxy) is 1. The summed E-state index contributed by atoms with van der Waals surface area (Å²) in [5.74, 6) is 0. The van der Waals surface area contributed by atoms with Crippen molar-refractivity contribution >= 4 is 0 Å². The largest absolute Gasteiger partial charge is 0.377 e. The topological polar surface area (TPSA) is 21.3 Å².